The molecule has 0 fully saturated rings. The Morgan fingerprint density at radius 3 is 2.65 bits per heavy atom. The number of ether oxygens (including phenoxy) is 1. The van der Waals surface area contributed by atoms with Crippen molar-refractivity contribution in [1.29, 1.82) is 0 Å². The smallest absolute Gasteiger partial charge is 0.248 e. The third-order valence-corrected chi connectivity index (χ3v) is 3.36. The monoisotopic (exact) mass is 308 g/mol. The van der Waals surface area contributed by atoms with Crippen LogP contribution in [0.4, 0.5) is 0 Å². The maximum Gasteiger partial charge on any atom is 0.248 e. The van der Waals surface area contributed by atoms with E-state index >= 15 is 0 Å². The number of hydrogen-bond donors (Lipinski definition) is 1. The lowest BCUT2D eigenvalue weighted by Crippen LogP contribution is -2.10. The van der Waals surface area contributed by atoms with Gasteiger partial charge in [0, 0.05) is 5.56 Å². The number of aryl methyl sites for hydroxylation is 1. The van der Waals surface area contributed by atoms with Crippen molar-refractivity contribution in [3.05, 3.63) is 71.5 Å². The number of aromatic nitrogens is 3. The van der Waals surface area contributed by atoms with Crippen LogP contribution in [0, 0.1) is 6.92 Å². The van der Waals surface area contributed by atoms with Crippen molar-refractivity contribution in [2.45, 2.75) is 13.5 Å². The minimum atomic E-state index is -0.485. The molecule has 3 rings (SSSR count). The summed E-state index contributed by atoms with van der Waals surface area (Å²) in [5.74, 6) is 0.0802. The molecule has 2 aromatic carbocycles. The summed E-state index contributed by atoms with van der Waals surface area (Å²) >= 11 is 0. The lowest BCUT2D eigenvalue weighted by atomic mass is 10.2. The summed E-state index contributed by atoms with van der Waals surface area (Å²) in [5, 5.41) is 8.83. The van der Waals surface area contributed by atoms with Crippen molar-refractivity contribution >= 4 is 5.91 Å². The third kappa shape index (κ3) is 3.37. The van der Waals surface area contributed by atoms with Crippen LogP contribution in [-0.4, -0.2) is 20.9 Å². The topological polar surface area (TPSA) is 83.0 Å². The fourth-order valence-corrected chi connectivity index (χ4v) is 2.11. The summed E-state index contributed by atoms with van der Waals surface area (Å²) < 4.78 is 5.69. The zero-order chi connectivity index (χ0) is 16.2. The number of rotatable bonds is 5. The zero-order valence-electron chi connectivity index (χ0n) is 12.6. The number of carbonyl (C=O) groups excluding carboxylic acids is 1. The summed E-state index contributed by atoms with van der Waals surface area (Å²) in [6.45, 7) is 2.14. The van der Waals surface area contributed by atoms with E-state index in [1.54, 1.807) is 29.1 Å². The molecule has 1 aromatic heterocycles. The molecule has 1 heterocycles. The first-order valence-electron chi connectivity index (χ1n) is 7.14. The molecule has 2 N–H and O–H groups in total. The zero-order valence-corrected chi connectivity index (χ0v) is 12.6. The molecule has 0 aliphatic carbocycles. The highest BCUT2D eigenvalue weighted by atomic mass is 16.5. The number of nitrogens with two attached hydrogens (primary N) is 1. The van der Waals surface area contributed by atoms with Crippen LogP contribution in [0.2, 0.25) is 0 Å². The van der Waals surface area contributed by atoms with Crippen molar-refractivity contribution in [3.8, 4) is 11.4 Å². The molecule has 0 spiro atoms. The Morgan fingerprint density at radius 1 is 1.13 bits per heavy atom. The Balaban J connectivity index is 1.75. The number of carbonyl (C=O) groups is 1. The fraction of sp³-hybridized carbons (Fsp3) is 0.118. The van der Waals surface area contributed by atoms with Crippen LogP contribution < -0.4 is 10.5 Å². The first-order chi connectivity index (χ1) is 11.1. The fourth-order valence-electron chi connectivity index (χ4n) is 2.11. The molecule has 0 saturated carbocycles. The van der Waals surface area contributed by atoms with Crippen molar-refractivity contribution in [2.24, 2.45) is 5.73 Å². The molecule has 1 amide bonds. The quantitative estimate of drug-likeness (QED) is 0.783. The largest absolute Gasteiger partial charge is 0.487 e. The van der Waals surface area contributed by atoms with Gasteiger partial charge >= 0.3 is 0 Å². The molecular formula is C17H16N4O2. The van der Waals surface area contributed by atoms with E-state index in [1.165, 1.54) is 0 Å². The van der Waals surface area contributed by atoms with Crippen molar-refractivity contribution in [1.82, 2.24) is 15.0 Å². The minimum Gasteiger partial charge on any atom is -0.487 e. The van der Waals surface area contributed by atoms with Crippen LogP contribution in [0.3, 0.4) is 0 Å². The van der Waals surface area contributed by atoms with Crippen molar-refractivity contribution < 1.29 is 9.53 Å². The Hall–Kier alpha value is -3.15. The average Bonchev–Trinajstić information content (AvgIpc) is 2.95. The van der Waals surface area contributed by atoms with Crippen LogP contribution >= 0.6 is 0 Å². The lowest BCUT2D eigenvalue weighted by Gasteiger charge is -2.05. The van der Waals surface area contributed by atoms with Gasteiger partial charge in [0.25, 0.3) is 0 Å². The van der Waals surface area contributed by atoms with Crippen molar-refractivity contribution in [2.75, 3.05) is 0 Å². The molecule has 6 nitrogen and oxygen atoms in total. The summed E-state index contributed by atoms with van der Waals surface area (Å²) in [7, 11) is 0. The summed E-state index contributed by atoms with van der Waals surface area (Å²) in [5.41, 5.74) is 8.08. The minimum absolute atomic E-state index is 0.265. The van der Waals surface area contributed by atoms with Gasteiger partial charge in [-0.2, -0.15) is 9.90 Å². The number of hydrogen-bond acceptors (Lipinski definition) is 4. The van der Waals surface area contributed by atoms with Gasteiger partial charge in [0.15, 0.2) is 0 Å². The molecule has 0 radical (unpaired) electrons. The molecule has 116 valence electrons. The first kappa shape index (κ1) is 14.8. The van der Waals surface area contributed by atoms with Crippen LogP contribution in [0.15, 0.2) is 54.6 Å². The summed E-state index contributed by atoms with van der Waals surface area (Å²) in [6.07, 6.45) is 0. The molecule has 23 heavy (non-hydrogen) atoms. The maximum absolute atomic E-state index is 11.2. The lowest BCUT2D eigenvalue weighted by molar-refractivity contribution is 0.1000. The highest BCUT2D eigenvalue weighted by Gasteiger charge is 2.09. The van der Waals surface area contributed by atoms with E-state index in [0.29, 0.717) is 11.3 Å². The summed E-state index contributed by atoms with van der Waals surface area (Å²) in [4.78, 5) is 12.8. The predicted octanol–water partition coefficient (Wildman–Crippen LogP) is 2.25. The van der Waals surface area contributed by atoms with Crippen molar-refractivity contribution in [3.63, 3.8) is 0 Å². The molecule has 3 aromatic rings. The second-order valence-corrected chi connectivity index (χ2v) is 5.04. The molecule has 0 saturated heterocycles. The van der Waals surface area contributed by atoms with Gasteiger partial charge in [0.05, 0.1) is 11.4 Å². The first-order valence-corrected chi connectivity index (χ1v) is 7.14. The standard InChI is InChI=1S/C17H16N4O2/c1-12-16(20-21(19-12)14-7-3-2-4-8-14)11-23-15-9-5-6-13(10-15)17(18)22/h2-10H,11H2,1H3,(H2,18,22). The second kappa shape index (κ2) is 6.31. The van der Waals surface area contributed by atoms with E-state index < -0.39 is 5.91 Å². The Kier molecular flexibility index (Phi) is 4.05. The van der Waals surface area contributed by atoms with E-state index in [9.17, 15) is 4.79 Å². The number of para-hydroxylation sites is 1. The Bertz CT molecular complexity index is 828. The van der Waals surface area contributed by atoms with Gasteiger partial charge < -0.3 is 10.5 Å². The van der Waals surface area contributed by atoms with E-state index in [-0.39, 0.29) is 6.61 Å². The second-order valence-electron chi connectivity index (χ2n) is 5.04. The molecule has 0 aliphatic heterocycles. The van der Waals surface area contributed by atoms with Crippen LogP contribution in [0.1, 0.15) is 21.7 Å². The molecular weight excluding hydrogens is 292 g/mol. The van der Waals surface area contributed by atoms with E-state index in [2.05, 4.69) is 10.2 Å². The van der Waals surface area contributed by atoms with Gasteiger partial charge in [-0.05, 0) is 37.3 Å². The Labute approximate surface area is 133 Å². The highest BCUT2D eigenvalue weighted by Crippen LogP contribution is 2.16. The third-order valence-electron chi connectivity index (χ3n) is 3.36. The maximum atomic E-state index is 11.2. The molecule has 0 aliphatic rings. The molecule has 6 heteroatoms. The van der Waals surface area contributed by atoms with Gasteiger partial charge in [0.2, 0.25) is 5.91 Å². The van der Waals surface area contributed by atoms with Gasteiger partial charge in [-0.15, -0.1) is 5.10 Å². The molecule has 0 bridgehead atoms. The van der Waals surface area contributed by atoms with Crippen LogP contribution in [-0.2, 0) is 6.61 Å². The summed E-state index contributed by atoms with van der Waals surface area (Å²) in [6, 6.07) is 16.4. The number of primary amides is 1. The van der Waals surface area contributed by atoms with Crippen LogP contribution in [0.25, 0.3) is 5.69 Å². The average molecular weight is 308 g/mol. The number of nitrogens with zero attached hydrogens (tertiary/aromatic N) is 3. The van der Waals surface area contributed by atoms with Gasteiger partial charge in [-0.1, -0.05) is 24.3 Å². The van der Waals surface area contributed by atoms with E-state index in [0.717, 1.165) is 17.1 Å². The van der Waals surface area contributed by atoms with E-state index in [4.69, 9.17) is 10.5 Å². The van der Waals surface area contributed by atoms with E-state index in [1.807, 2.05) is 37.3 Å². The predicted molar refractivity (Wildman–Crippen MR) is 85.4 cm³/mol. The molecule has 0 unspecified atom stereocenters. The van der Waals surface area contributed by atoms with Gasteiger partial charge in [-0.25, -0.2) is 0 Å². The van der Waals surface area contributed by atoms with Gasteiger partial charge in [-0.3, -0.25) is 4.79 Å². The number of amides is 1. The molecule has 0 atom stereocenters. The Morgan fingerprint density at radius 2 is 1.91 bits per heavy atom. The highest BCUT2D eigenvalue weighted by molar-refractivity contribution is 5.93. The number of benzene rings is 2. The normalized spacial score (nSPS) is 10.5. The SMILES string of the molecule is Cc1nn(-c2ccccc2)nc1COc1cccc(C(N)=O)c1. The van der Waals surface area contributed by atoms with Crippen LogP contribution in [0.5, 0.6) is 5.75 Å². The van der Waals surface area contributed by atoms with Gasteiger partial charge in [0.1, 0.15) is 18.1 Å².